The normalized spacial score (nSPS) is 11.6. The average Bonchev–Trinajstić information content (AvgIpc) is 2.86. The number of hydrogen-bond acceptors (Lipinski definition) is 6. The minimum atomic E-state index is -4.41. The van der Waals surface area contributed by atoms with Crippen LogP contribution in [-0.2, 0) is 4.74 Å². The molecule has 1 heterocycles. The van der Waals surface area contributed by atoms with Crippen LogP contribution in [0.15, 0.2) is 17.3 Å². The number of aromatic nitrogens is 3. The average molecular weight is 378 g/mol. The van der Waals surface area contributed by atoms with Crippen LogP contribution in [0, 0.1) is 12.7 Å². The largest absolute Gasteiger partial charge is 0.462 e. The maximum atomic E-state index is 14.2. The molecule has 0 bridgehead atoms. The standard InChI is InChI=1S/C14H14F4N4O2S/c1-3-24-11(23)8-5-10(9(15)4-7(8)2)22-12(19)20-13(21-22)25-6-14(16,17)18/h4-5H,3,6H2,1-2H3,(H2,19,20,21). The molecule has 0 unspecified atom stereocenters. The van der Waals surface area contributed by atoms with Gasteiger partial charge in [-0.05, 0) is 31.5 Å². The predicted octanol–water partition coefficient (Wildman–Crippen LogP) is 3.13. The molecule has 0 amide bonds. The molecular formula is C14H14F4N4O2S. The molecule has 6 nitrogen and oxygen atoms in total. The number of esters is 1. The summed E-state index contributed by atoms with van der Waals surface area (Å²) in [7, 11) is 0. The van der Waals surface area contributed by atoms with Crippen molar-refractivity contribution in [3.63, 3.8) is 0 Å². The number of carbonyl (C=O) groups excluding carboxylic acids is 1. The van der Waals surface area contributed by atoms with Crippen molar-refractivity contribution < 1.29 is 27.1 Å². The quantitative estimate of drug-likeness (QED) is 0.489. The van der Waals surface area contributed by atoms with E-state index in [0.717, 1.165) is 10.7 Å². The van der Waals surface area contributed by atoms with E-state index in [1.807, 2.05) is 0 Å². The van der Waals surface area contributed by atoms with Crippen LogP contribution >= 0.6 is 11.8 Å². The molecule has 2 N–H and O–H groups in total. The highest BCUT2D eigenvalue weighted by Gasteiger charge is 2.28. The number of nitrogens with two attached hydrogens (primary N) is 1. The van der Waals surface area contributed by atoms with Gasteiger partial charge in [-0.3, -0.25) is 0 Å². The van der Waals surface area contributed by atoms with Crippen molar-refractivity contribution in [3.8, 4) is 5.69 Å². The van der Waals surface area contributed by atoms with E-state index in [-0.39, 0.29) is 29.0 Å². The number of rotatable bonds is 5. The lowest BCUT2D eigenvalue weighted by Gasteiger charge is -2.10. The van der Waals surface area contributed by atoms with Gasteiger partial charge in [0, 0.05) is 0 Å². The topological polar surface area (TPSA) is 83.0 Å². The highest BCUT2D eigenvalue weighted by molar-refractivity contribution is 7.99. The summed E-state index contributed by atoms with van der Waals surface area (Å²) < 4.78 is 56.8. The van der Waals surface area contributed by atoms with Gasteiger partial charge in [0.2, 0.25) is 11.1 Å². The zero-order valence-corrected chi connectivity index (χ0v) is 14.0. The number of aryl methyl sites for hydroxylation is 1. The Balaban J connectivity index is 2.39. The molecule has 0 saturated carbocycles. The second-order valence-electron chi connectivity index (χ2n) is 4.91. The molecule has 136 valence electrons. The zero-order valence-electron chi connectivity index (χ0n) is 13.2. The number of nitrogens with zero attached hydrogens (tertiary/aromatic N) is 3. The molecule has 0 saturated heterocycles. The van der Waals surface area contributed by atoms with Gasteiger partial charge < -0.3 is 10.5 Å². The van der Waals surface area contributed by atoms with E-state index in [1.165, 1.54) is 13.0 Å². The minimum Gasteiger partial charge on any atom is -0.462 e. The summed E-state index contributed by atoms with van der Waals surface area (Å²) in [5, 5.41) is 3.51. The van der Waals surface area contributed by atoms with E-state index >= 15 is 0 Å². The number of ether oxygens (including phenoxy) is 1. The van der Waals surface area contributed by atoms with E-state index in [4.69, 9.17) is 10.5 Å². The van der Waals surface area contributed by atoms with Crippen LogP contribution in [0.4, 0.5) is 23.5 Å². The van der Waals surface area contributed by atoms with Crippen LogP contribution in [0.5, 0.6) is 0 Å². The lowest BCUT2D eigenvalue weighted by atomic mass is 10.1. The van der Waals surface area contributed by atoms with Gasteiger partial charge in [-0.1, -0.05) is 11.8 Å². The molecule has 1 aromatic carbocycles. The summed E-state index contributed by atoms with van der Waals surface area (Å²) in [6.07, 6.45) is -4.41. The molecule has 0 aliphatic heterocycles. The SMILES string of the molecule is CCOC(=O)c1cc(-n2nc(SCC(F)(F)F)nc2N)c(F)cc1C. The summed E-state index contributed by atoms with van der Waals surface area (Å²) in [6.45, 7) is 3.28. The minimum absolute atomic E-state index is 0.0950. The van der Waals surface area contributed by atoms with Crippen molar-refractivity contribution in [2.75, 3.05) is 18.1 Å². The first-order chi connectivity index (χ1) is 11.6. The second-order valence-corrected chi connectivity index (χ2v) is 5.85. The third-order valence-electron chi connectivity index (χ3n) is 3.00. The molecule has 25 heavy (non-hydrogen) atoms. The number of alkyl halides is 3. The second kappa shape index (κ2) is 7.30. The first kappa shape index (κ1) is 19.0. The van der Waals surface area contributed by atoms with Crippen molar-refractivity contribution in [2.45, 2.75) is 25.2 Å². The molecular weight excluding hydrogens is 364 g/mol. The van der Waals surface area contributed by atoms with Crippen molar-refractivity contribution in [3.05, 3.63) is 29.1 Å². The van der Waals surface area contributed by atoms with Gasteiger partial charge in [0.15, 0.2) is 0 Å². The molecule has 2 rings (SSSR count). The summed E-state index contributed by atoms with van der Waals surface area (Å²) in [4.78, 5) is 15.6. The van der Waals surface area contributed by atoms with E-state index < -0.39 is 23.7 Å². The first-order valence-electron chi connectivity index (χ1n) is 7.02. The smallest absolute Gasteiger partial charge is 0.398 e. The Hall–Kier alpha value is -2.30. The Morgan fingerprint density at radius 1 is 1.40 bits per heavy atom. The monoisotopic (exact) mass is 378 g/mol. The van der Waals surface area contributed by atoms with Crippen molar-refractivity contribution in [1.29, 1.82) is 0 Å². The lowest BCUT2D eigenvalue weighted by molar-refractivity contribution is -0.105. The zero-order chi connectivity index (χ0) is 18.8. The van der Waals surface area contributed by atoms with Crippen LogP contribution in [0.2, 0.25) is 0 Å². The number of thioether (sulfide) groups is 1. The number of nitrogen functional groups attached to an aromatic ring is 1. The Bertz CT molecular complexity index is 792. The summed E-state index contributed by atoms with van der Waals surface area (Å²) in [5.41, 5.74) is 5.84. The number of benzene rings is 1. The van der Waals surface area contributed by atoms with Gasteiger partial charge in [0.25, 0.3) is 0 Å². The Kier molecular flexibility index (Phi) is 5.55. The Morgan fingerprint density at radius 2 is 2.08 bits per heavy atom. The Labute approximate surface area is 144 Å². The summed E-state index contributed by atoms with van der Waals surface area (Å²) in [6, 6.07) is 2.26. The third kappa shape index (κ3) is 4.62. The van der Waals surface area contributed by atoms with Crippen LogP contribution in [-0.4, -0.2) is 39.3 Å². The third-order valence-corrected chi connectivity index (χ3v) is 3.90. The fraction of sp³-hybridized carbons (Fsp3) is 0.357. The van der Waals surface area contributed by atoms with Crippen LogP contribution in [0.1, 0.15) is 22.8 Å². The lowest BCUT2D eigenvalue weighted by Crippen LogP contribution is -2.11. The molecule has 0 spiro atoms. The van der Waals surface area contributed by atoms with E-state index in [0.29, 0.717) is 17.3 Å². The van der Waals surface area contributed by atoms with E-state index in [1.54, 1.807) is 6.92 Å². The van der Waals surface area contributed by atoms with Gasteiger partial charge in [-0.25, -0.2) is 9.18 Å². The van der Waals surface area contributed by atoms with Crippen LogP contribution in [0.3, 0.4) is 0 Å². The number of hydrogen-bond donors (Lipinski definition) is 1. The maximum absolute atomic E-state index is 14.2. The van der Waals surface area contributed by atoms with E-state index in [2.05, 4.69) is 10.1 Å². The summed E-state index contributed by atoms with van der Waals surface area (Å²) in [5.74, 6) is -2.93. The predicted molar refractivity (Wildman–Crippen MR) is 83.2 cm³/mol. The summed E-state index contributed by atoms with van der Waals surface area (Å²) >= 11 is 0.323. The molecule has 0 aliphatic carbocycles. The van der Waals surface area contributed by atoms with Gasteiger partial charge in [0.05, 0.1) is 17.9 Å². The van der Waals surface area contributed by atoms with Gasteiger partial charge in [0.1, 0.15) is 11.5 Å². The molecule has 0 radical (unpaired) electrons. The van der Waals surface area contributed by atoms with Crippen LogP contribution in [0.25, 0.3) is 5.69 Å². The van der Waals surface area contributed by atoms with Crippen molar-refractivity contribution in [1.82, 2.24) is 14.8 Å². The van der Waals surface area contributed by atoms with Gasteiger partial charge in [-0.2, -0.15) is 22.8 Å². The number of carbonyl (C=O) groups is 1. The van der Waals surface area contributed by atoms with Crippen molar-refractivity contribution in [2.24, 2.45) is 0 Å². The number of halogens is 4. The maximum Gasteiger partial charge on any atom is 0.398 e. The van der Waals surface area contributed by atoms with Gasteiger partial charge in [-0.15, -0.1) is 5.10 Å². The first-order valence-corrected chi connectivity index (χ1v) is 8.00. The molecule has 1 aromatic heterocycles. The molecule has 0 atom stereocenters. The van der Waals surface area contributed by atoms with E-state index in [9.17, 15) is 22.4 Å². The highest BCUT2D eigenvalue weighted by Crippen LogP contribution is 2.27. The highest BCUT2D eigenvalue weighted by atomic mass is 32.2. The number of anilines is 1. The van der Waals surface area contributed by atoms with Crippen molar-refractivity contribution >= 4 is 23.7 Å². The fourth-order valence-corrected chi connectivity index (χ4v) is 2.53. The molecule has 2 aromatic rings. The molecule has 0 fully saturated rings. The fourth-order valence-electron chi connectivity index (χ4n) is 1.94. The van der Waals surface area contributed by atoms with Crippen LogP contribution < -0.4 is 5.73 Å². The van der Waals surface area contributed by atoms with Gasteiger partial charge >= 0.3 is 12.1 Å². The molecule has 0 aliphatic rings. The Morgan fingerprint density at radius 3 is 2.68 bits per heavy atom. The molecule has 11 heteroatoms.